The van der Waals surface area contributed by atoms with Gasteiger partial charge in [0.1, 0.15) is 28.9 Å². The first-order chi connectivity index (χ1) is 16.9. The third-order valence-electron chi connectivity index (χ3n) is 5.85. The van der Waals surface area contributed by atoms with Crippen LogP contribution in [0.2, 0.25) is 0 Å². The lowest BCUT2D eigenvalue weighted by Crippen LogP contribution is -2.33. The number of fused-ring (bicyclic) bond motifs is 1. The summed E-state index contributed by atoms with van der Waals surface area (Å²) in [6.45, 7) is 2.14. The van der Waals surface area contributed by atoms with Gasteiger partial charge >= 0.3 is 0 Å². The van der Waals surface area contributed by atoms with Crippen LogP contribution in [0.3, 0.4) is 0 Å². The van der Waals surface area contributed by atoms with Gasteiger partial charge in [0.2, 0.25) is 0 Å². The number of aliphatic hydroxyl groups excluding tert-OH is 1. The highest BCUT2D eigenvalue weighted by Gasteiger charge is 2.28. The lowest BCUT2D eigenvalue weighted by molar-refractivity contribution is -0.138. The zero-order chi connectivity index (χ0) is 24.5. The zero-order valence-electron chi connectivity index (χ0n) is 18.9. The second kappa shape index (κ2) is 9.08. The van der Waals surface area contributed by atoms with E-state index in [1.807, 2.05) is 35.8 Å². The zero-order valence-corrected chi connectivity index (χ0v) is 18.9. The first-order valence-corrected chi connectivity index (χ1v) is 11.1. The van der Waals surface area contributed by atoms with Gasteiger partial charge in [-0.25, -0.2) is 9.37 Å². The van der Waals surface area contributed by atoms with Gasteiger partial charge in [0.25, 0.3) is 5.91 Å². The molecule has 1 unspecified atom stereocenters. The molecule has 0 aliphatic carbocycles. The van der Waals surface area contributed by atoms with Crippen LogP contribution in [-0.2, 0) is 11.3 Å². The number of hydrogen-bond acceptors (Lipinski definition) is 5. The number of carbonyl (C=O) groups excluding carboxylic acids is 1. The van der Waals surface area contributed by atoms with Crippen LogP contribution in [0, 0.1) is 12.7 Å². The minimum absolute atomic E-state index is 0.0511. The predicted molar refractivity (Wildman–Crippen MR) is 131 cm³/mol. The molecular weight excluding hydrogens is 447 g/mol. The van der Waals surface area contributed by atoms with Crippen molar-refractivity contribution < 1.29 is 19.4 Å². The van der Waals surface area contributed by atoms with E-state index in [1.54, 1.807) is 24.5 Å². The van der Waals surface area contributed by atoms with E-state index in [1.165, 1.54) is 41.3 Å². The number of amides is 1. The number of anilines is 2. The summed E-state index contributed by atoms with van der Waals surface area (Å²) in [5.41, 5.74) is 3.70. The van der Waals surface area contributed by atoms with Crippen molar-refractivity contribution in [2.75, 3.05) is 5.32 Å². The molecule has 176 valence electrons. The maximum absolute atomic E-state index is 13.6. The van der Waals surface area contributed by atoms with Crippen LogP contribution in [0.1, 0.15) is 23.1 Å². The number of rotatable bonds is 5. The fraction of sp³-hybridized carbons (Fsp3) is 0.111. The number of phenolic OH excluding ortho intramolecular Hbond substituents is 1. The van der Waals surface area contributed by atoms with Crippen LogP contribution in [-0.4, -0.2) is 30.6 Å². The van der Waals surface area contributed by atoms with Gasteiger partial charge in [-0.3, -0.25) is 9.36 Å². The maximum Gasteiger partial charge on any atom is 0.260 e. The van der Waals surface area contributed by atoms with Crippen LogP contribution in [0.25, 0.3) is 17.5 Å². The van der Waals surface area contributed by atoms with Gasteiger partial charge in [-0.15, -0.1) is 0 Å². The summed E-state index contributed by atoms with van der Waals surface area (Å²) in [5.74, 6) is 0.448. The van der Waals surface area contributed by atoms with Crippen molar-refractivity contribution in [3.63, 3.8) is 0 Å². The van der Waals surface area contributed by atoms with Crippen LogP contribution < -0.4 is 5.32 Å². The van der Waals surface area contributed by atoms with Crippen molar-refractivity contribution in [3.8, 4) is 17.0 Å². The summed E-state index contributed by atoms with van der Waals surface area (Å²) in [6.07, 6.45) is 1.91. The quantitative estimate of drug-likeness (QED) is 0.384. The van der Waals surface area contributed by atoms with Gasteiger partial charge in [-0.1, -0.05) is 29.8 Å². The van der Waals surface area contributed by atoms with Gasteiger partial charge in [0.15, 0.2) is 6.10 Å². The number of imidazole rings is 1. The van der Waals surface area contributed by atoms with Gasteiger partial charge in [0, 0.05) is 23.7 Å². The van der Waals surface area contributed by atoms with Crippen molar-refractivity contribution in [1.82, 2.24) is 14.5 Å². The minimum atomic E-state index is -1.39. The molecule has 1 atom stereocenters. The molecule has 3 N–H and O–H groups in total. The van der Waals surface area contributed by atoms with Crippen LogP contribution in [0.4, 0.5) is 15.9 Å². The third kappa shape index (κ3) is 4.51. The second-order valence-electron chi connectivity index (χ2n) is 8.35. The molecule has 0 radical (unpaired) electrons. The Morgan fingerprint density at radius 1 is 1.00 bits per heavy atom. The standard InChI is InChI=1S/C27H23FN4O3/c1-17-2-10-21(11-3-17)29-26-24(18-4-8-20(28)9-5-18)30-23-16-31(14-15-32(23)26)27(35)25(34)19-6-12-22(33)13-7-19/h2-15,25,29,33-34H,16H2,1H3. The average molecular weight is 471 g/mol. The maximum atomic E-state index is 13.6. The van der Waals surface area contributed by atoms with Crippen molar-refractivity contribution in [2.45, 2.75) is 19.6 Å². The fourth-order valence-corrected chi connectivity index (χ4v) is 3.91. The number of benzene rings is 3. The molecule has 0 fully saturated rings. The molecule has 0 saturated carbocycles. The van der Waals surface area contributed by atoms with E-state index in [0.717, 1.165) is 16.8 Å². The van der Waals surface area contributed by atoms with E-state index in [-0.39, 0.29) is 18.1 Å². The van der Waals surface area contributed by atoms with E-state index >= 15 is 0 Å². The summed E-state index contributed by atoms with van der Waals surface area (Å²) >= 11 is 0. The average Bonchev–Trinajstić information content (AvgIpc) is 3.23. The molecule has 5 rings (SSSR count). The molecule has 1 amide bonds. The van der Waals surface area contributed by atoms with E-state index in [0.29, 0.717) is 22.9 Å². The highest BCUT2D eigenvalue weighted by Crippen LogP contribution is 2.34. The van der Waals surface area contributed by atoms with Gasteiger partial charge in [-0.05, 0) is 61.0 Å². The molecule has 0 saturated heterocycles. The van der Waals surface area contributed by atoms with Crippen LogP contribution in [0.5, 0.6) is 5.75 Å². The summed E-state index contributed by atoms with van der Waals surface area (Å²) in [5, 5.41) is 23.4. The molecule has 1 aliphatic heterocycles. The summed E-state index contributed by atoms with van der Waals surface area (Å²) < 4.78 is 15.4. The summed E-state index contributed by atoms with van der Waals surface area (Å²) in [4.78, 5) is 19.1. The first-order valence-electron chi connectivity index (χ1n) is 11.1. The smallest absolute Gasteiger partial charge is 0.260 e. The van der Waals surface area contributed by atoms with E-state index in [2.05, 4.69) is 5.32 Å². The first kappa shape index (κ1) is 22.4. The number of nitrogens with zero attached hydrogens (tertiary/aromatic N) is 3. The van der Waals surface area contributed by atoms with Gasteiger partial charge < -0.3 is 20.4 Å². The van der Waals surface area contributed by atoms with Crippen molar-refractivity contribution in [2.24, 2.45) is 0 Å². The number of aromatic nitrogens is 2. The van der Waals surface area contributed by atoms with Crippen LogP contribution >= 0.6 is 0 Å². The highest BCUT2D eigenvalue weighted by atomic mass is 19.1. The number of aliphatic hydroxyl groups is 1. The van der Waals surface area contributed by atoms with E-state index in [9.17, 15) is 19.4 Å². The normalized spacial score (nSPS) is 13.4. The Labute approximate surface area is 201 Å². The Bertz CT molecular complexity index is 1390. The largest absolute Gasteiger partial charge is 0.508 e. The fourth-order valence-electron chi connectivity index (χ4n) is 3.91. The second-order valence-corrected chi connectivity index (χ2v) is 8.35. The Kier molecular flexibility index (Phi) is 5.80. The van der Waals surface area contributed by atoms with Gasteiger partial charge in [0.05, 0.1) is 6.54 Å². The molecule has 1 aromatic heterocycles. The molecular formula is C27H23FN4O3. The number of aromatic hydroxyl groups is 1. The highest BCUT2D eigenvalue weighted by molar-refractivity contribution is 5.84. The monoisotopic (exact) mass is 470 g/mol. The summed E-state index contributed by atoms with van der Waals surface area (Å²) in [7, 11) is 0. The molecule has 3 aromatic carbocycles. The van der Waals surface area contributed by atoms with Crippen molar-refractivity contribution in [1.29, 1.82) is 0 Å². The number of phenols is 1. The van der Waals surface area contributed by atoms with E-state index in [4.69, 9.17) is 4.98 Å². The third-order valence-corrected chi connectivity index (χ3v) is 5.85. The molecule has 1 aliphatic rings. The van der Waals surface area contributed by atoms with Gasteiger partial charge in [-0.2, -0.15) is 0 Å². The Morgan fingerprint density at radius 2 is 1.69 bits per heavy atom. The van der Waals surface area contributed by atoms with Crippen molar-refractivity contribution >= 4 is 23.6 Å². The van der Waals surface area contributed by atoms with E-state index < -0.39 is 12.0 Å². The predicted octanol–water partition coefficient (Wildman–Crippen LogP) is 4.95. The lowest BCUT2D eigenvalue weighted by Gasteiger charge is -2.25. The number of carbonyl (C=O) groups is 1. The Balaban J connectivity index is 1.48. The number of nitrogens with one attached hydrogen (secondary N) is 1. The number of aryl methyl sites for hydroxylation is 1. The molecule has 35 heavy (non-hydrogen) atoms. The molecule has 0 spiro atoms. The molecule has 7 nitrogen and oxygen atoms in total. The Hall–Kier alpha value is -4.43. The topological polar surface area (TPSA) is 90.6 Å². The summed E-state index contributed by atoms with van der Waals surface area (Å²) in [6, 6.07) is 19.8. The SMILES string of the molecule is Cc1ccc(Nc2c(-c3ccc(F)cc3)nc3n2C=CN(C(=O)C(O)c2ccc(O)cc2)C3)cc1. The lowest BCUT2D eigenvalue weighted by atomic mass is 10.1. The molecule has 8 heteroatoms. The Morgan fingerprint density at radius 3 is 2.37 bits per heavy atom. The molecule has 2 heterocycles. The number of halogens is 1. The van der Waals surface area contributed by atoms with Crippen LogP contribution in [0.15, 0.2) is 79.0 Å². The van der Waals surface area contributed by atoms with Crippen molar-refractivity contribution in [3.05, 3.63) is 102 Å². The molecule has 4 aromatic rings. The number of hydrogen-bond donors (Lipinski definition) is 3. The minimum Gasteiger partial charge on any atom is -0.508 e. The molecule has 0 bridgehead atoms.